The highest BCUT2D eigenvalue weighted by molar-refractivity contribution is 7.92. The maximum atomic E-state index is 13.9. The molecule has 0 aromatic heterocycles. The highest BCUT2D eigenvalue weighted by Gasteiger charge is 2.33. The number of hydrogen-bond acceptors (Lipinski definition) is 4. The number of carbonyl (C=O) groups excluding carboxylic acids is 2. The Labute approximate surface area is 234 Å². The molecule has 1 atom stereocenters. The lowest BCUT2D eigenvalue weighted by molar-refractivity contribution is -0.139. The van der Waals surface area contributed by atoms with Crippen molar-refractivity contribution < 1.29 is 18.0 Å². The second kappa shape index (κ2) is 13.1. The van der Waals surface area contributed by atoms with Gasteiger partial charge >= 0.3 is 0 Å². The summed E-state index contributed by atoms with van der Waals surface area (Å²) in [7, 11) is -4.12. The molecule has 0 spiro atoms. The zero-order chi connectivity index (χ0) is 27.9. The fraction of sp³-hybridized carbons (Fsp3) is 0.286. The maximum Gasteiger partial charge on any atom is 0.264 e. The minimum Gasteiger partial charge on any atom is -0.355 e. The highest BCUT2D eigenvalue weighted by Crippen LogP contribution is 2.29. The molecule has 0 saturated carbocycles. The predicted molar refractivity (Wildman–Crippen MR) is 152 cm³/mol. The van der Waals surface area contributed by atoms with E-state index in [0.717, 1.165) is 9.87 Å². The average molecular weight is 577 g/mol. The normalized spacial score (nSPS) is 12.0. The summed E-state index contributed by atoms with van der Waals surface area (Å²) >= 11 is 12.4. The van der Waals surface area contributed by atoms with Crippen LogP contribution in [0.2, 0.25) is 10.0 Å². The van der Waals surface area contributed by atoms with Crippen LogP contribution >= 0.6 is 23.2 Å². The number of amides is 2. The van der Waals surface area contributed by atoms with Crippen LogP contribution in [-0.2, 0) is 32.6 Å². The van der Waals surface area contributed by atoms with E-state index < -0.39 is 28.5 Å². The van der Waals surface area contributed by atoms with Crippen molar-refractivity contribution in [1.82, 2.24) is 10.2 Å². The van der Waals surface area contributed by atoms with Gasteiger partial charge in [-0.15, -0.1) is 0 Å². The van der Waals surface area contributed by atoms with Crippen molar-refractivity contribution in [3.8, 4) is 0 Å². The molecule has 10 heteroatoms. The van der Waals surface area contributed by atoms with Crippen LogP contribution in [0.25, 0.3) is 0 Å². The van der Waals surface area contributed by atoms with Crippen molar-refractivity contribution in [2.24, 2.45) is 0 Å². The van der Waals surface area contributed by atoms with Gasteiger partial charge in [0, 0.05) is 23.1 Å². The van der Waals surface area contributed by atoms with Crippen LogP contribution in [0.1, 0.15) is 31.9 Å². The number of anilines is 1. The van der Waals surface area contributed by atoms with E-state index in [1.807, 2.05) is 19.1 Å². The van der Waals surface area contributed by atoms with Crippen molar-refractivity contribution in [3.05, 3.63) is 94.0 Å². The second-order valence-electron chi connectivity index (χ2n) is 8.63. The SMILES string of the molecule is CCNC(=O)[C@@H](C)N(Cc1ccc(Cl)cc1Cl)C(=O)CN(c1ccccc1CC)S(=O)(=O)c1ccccc1. The number of para-hydroxylation sites is 1. The average Bonchev–Trinajstić information content (AvgIpc) is 2.91. The number of likely N-dealkylation sites (N-methyl/N-ethyl adjacent to an activating group) is 1. The molecule has 2 amide bonds. The first kappa shape index (κ1) is 29.5. The summed E-state index contributed by atoms with van der Waals surface area (Å²) in [5.74, 6) is -0.919. The molecule has 0 bridgehead atoms. The lowest BCUT2D eigenvalue weighted by Gasteiger charge is -2.32. The minimum atomic E-state index is -4.12. The molecule has 0 fully saturated rings. The van der Waals surface area contributed by atoms with Gasteiger partial charge in [0.15, 0.2) is 0 Å². The lowest BCUT2D eigenvalue weighted by atomic mass is 10.1. The van der Waals surface area contributed by atoms with E-state index >= 15 is 0 Å². The Morgan fingerprint density at radius 2 is 1.58 bits per heavy atom. The Morgan fingerprint density at radius 1 is 0.921 bits per heavy atom. The van der Waals surface area contributed by atoms with Crippen LogP contribution < -0.4 is 9.62 Å². The fourth-order valence-electron chi connectivity index (χ4n) is 4.02. The third kappa shape index (κ3) is 6.87. The standard InChI is InChI=1S/C28H31Cl2N3O4S/c1-4-21-11-9-10-14-26(21)33(38(36,37)24-12-7-6-8-13-24)19-27(34)32(20(3)28(35)31-5-2)18-22-15-16-23(29)17-25(22)30/h6-17,20H,4-5,18-19H2,1-3H3,(H,31,35)/t20-/m1/s1. The Kier molecular flexibility index (Phi) is 10.2. The Hall–Kier alpha value is -3.07. The van der Waals surface area contributed by atoms with Crippen LogP contribution in [0.15, 0.2) is 77.7 Å². The van der Waals surface area contributed by atoms with E-state index in [2.05, 4.69) is 5.32 Å². The van der Waals surface area contributed by atoms with E-state index in [0.29, 0.717) is 34.3 Å². The van der Waals surface area contributed by atoms with Crippen LogP contribution in [0.3, 0.4) is 0 Å². The molecule has 3 aromatic carbocycles. The quantitative estimate of drug-likeness (QED) is 0.336. The molecule has 0 heterocycles. The first-order valence-corrected chi connectivity index (χ1v) is 14.5. The number of carbonyl (C=O) groups is 2. The van der Waals surface area contributed by atoms with Gasteiger partial charge < -0.3 is 10.2 Å². The highest BCUT2D eigenvalue weighted by atomic mass is 35.5. The number of rotatable bonds is 11. The van der Waals surface area contributed by atoms with E-state index in [9.17, 15) is 18.0 Å². The molecule has 0 saturated heterocycles. The van der Waals surface area contributed by atoms with Gasteiger partial charge in [-0.1, -0.05) is 72.6 Å². The molecule has 0 aliphatic rings. The smallest absolute Gasteiger partial charge is 0.264 e. The molecule has 38 heavy (non-hydrogen) atoms. The van der Waals surface area contributed by atoms with E-state index in [4.69, 9.17) is 23.2 Å². The predicted octanol–water partition coefficient (Wildman–Crippen LogP) is 5.30. The van der Waals surface area contributed by atoms with Gasteiger partial charge in [-0.25, -0.2) is 8.42 Å². The van der Waals surface area contributed by atoms with Gasteiger partial charge in [0.2, 0.25) is 11.8 Å². The summed E-state index contributed by atoms with van der Waals surface area (Å²) < 4.78 is 28.8. The van der Waals surface area contributed by atoms with Crippen molar-refractivity contribution in [3.63, 3.8) is 0 Å². The Morgan fingerprint density at radius 3 is 2.21 bits per heavy atom. The van der Waals surface area contributed by atoms with E-state index in [-0.39, 0.29) is 17.3 Å². The van der Waals surface area contributed by atoms with Gasteiger partial charge in [-0.2, -0.15) is 0 Å². The number of hydrogen-bond donors (Lipinski definition) is 1. The summed E-state index contributed by atoms with van der Waals surface area (Å²) in [5.41, 5.74) is 1.75. The number of aryl methyl sites for hydroxylation is 1. The second-order valence-corrected chi connectivity index (χ2v) is 11.3. The van der Waals surface area contributed by atoms with Gasteiger partial charge in [0.1, 0.15) is 12.6 Å². The maximum absolute atomic E-state index is 13.9. The van der Waals surface area contributed by atoms with E-state index in [1.54, 1.807) is 62.4 Å². The minimum absolute atomic E-state index is 0.0121. The van der Waals surface area contributed by atoms with Gasteiger partial charge in [0.25, 0.3) is 10.0 Å². The number of nitrogens with one attached hydrogen (secondary N) is 1. The molecule has 0 unspecified atom stereocenters. The zero-order valence-corrected chi connectivity index (χ0v) is 23.9. The first-order chi connectivity index (χ1) is 18.1. The topological polar surface area (TPSA) is 86.8 Å². The van der Waals surface area contributed by atoms with Crippen molar-refractivity contribution in [1.29, 1.82) is 0 Å². The van der Waals surface area contributed by atoms with Crippen LogP contribution in [0.4, 0.5) is 5.69 Å². The number of nitrogens with zero attached hydrogens (tertiary/aromatic N) is 2. The van der Waals surface area contributed by atoms with Crippen molar-refractivity contribution >= 4 is 50.7 Å². The van der Waals surface area contributed by atoms with E-state index in [1.165, 1.54) is 17.0 Å². The largest absolute Gasteiger partial charge is 0.355 e. The summed E-state index contributed by atoms with van der Waals surface area (Å²) in [6, 6.07) is 19.0. The van der Waals surface area contributed by atoms with Gasteiger partial charge in [-0.05, 0) is 61.7 Å². The summed E-state index contributed by atoms with van der Waals surface area (Å²) in [6.45, 7) is 5.15. The molecule has 0 radical (unpaired) electrons. The van der Waals surface area contributed by atoms with Gasteiger partial charge in [0.05, 0.1) is 10.6 Å². The monoisotopic (exact) mass is 575 g/mol. The molecular weight excluding hydrogens is 545 g/mol. The zero-order valence-electron chi connectivity index (χ0n) is 21.5. The van der Waals surface area contributed by atoms with Crippen LogP contribution in [-0.4, -0.2) is 44.3 Å². The number of halogens is 2. The third-order valence-electron chi connectivity index (χ3n) is 6.13. The lowest BCUT2D eigenvalue weighted by Crippen LogP contribution is -2.51. The third-order valence-corrected chi connectivity index (χ3v) is 8.49. The molecular formula is C28H31Cl2N3O4S. The van der Waals surface area contributed by atoms with Gasteiger partial charge in [-0.3, -0.25) is 13.9 Å². The summed E-state index contributed by atoms with van der Waals surface area (Å²) in [4.78, 5) is 28.1. The first-order valence-electron chi connectivity index (χ1n) is 12.3. The van der Waals surface area contributed by atoms with Crippen LogP contribution in [0.5, 0.6) is 0 Å². The molecule has 3 rings (SSSR count). The molecule has 202 valence electrons. The molecule has 7 nitrogen and oxygen atoms in total. The Balaban J connectivity index is 2.07. The molecule has 0 aliphatic carbocycles. The summed E-state index contributed by atoms with van der Waals surface area (Å²) in [6.07, 6.45) is 0.560. The Bertz CT molecular complexity index is 1380. The molecule has 1 N–H and O–H groups in total. The molecule has 3 aromatic rings. The number of benzene rings is 3. The fourth-order valence-corrected chi connectivity index (χ4v) is 5.97. The summed E-state index contributed by atoms with van der Waals surface area (Å²) in [5, 5.41) is 3.50. The molecule has 0 aliphatic heterocycles. The van der Waals surface area contributed by atoms with Crippen molar-refractivity contribution in [2.45, 2.75) is 44.7 Å². The number of sulfonamides is 1. The van der Waals surface area contributed by atoms with Crippen LogP contribution in [0, 0.1) is 0 Å². The van der Waals surface area contributed by atoms with Crippen molar-refractivity contribution in [2.75, 3.05) is 17.4 Å².